The normalized spacial score (nSPS) is 21.6. The van der Waals surface area contributed by atoms with E-state index in [0.717, 1.165) is 11.1 Å². The van der Waals surface area contributed by atoms with Gasteiger partial charge < -0.3 is 24.4 Å². The molecule has 2 aromatic rings. The highest BCUT2D eigenvalue weighted by Gasteiger charge is 2.49. The van der Waals surface area contributed by atoms with Gasteiger partial charge in [0.05, 0.1) is 26.2 Å². The third-order valence-electron chi connectivity index (χ3n) is 4.56. The number of hydrogen-bond acceptors (Lipinski definition) is 6. The van der Waals surface area contributed by atoms with Crippen molar-refractivity contribution in [3.8, 4) is 0 Å². The molecule has 144 valence electrons. The van der Waals surface area contributed by atoms with Crippen LogP contribution in [0.15, 0.2) is 60.7 Å². The molecule has 3 rings (SSSR count). The van der Waals surface area contributed by atoms with E-state index >= 15 is 0 Å². The molecule has 1 saturated heterocycles. The molecule has 0 bridgehead atoms. The third kappa shape index (κ3) is 5.14. The molecule has 2 aromatic carbocycles. The predicted molar refractivity (Wildman–Crippen MR) is 97.6 cm³/mol. The highest BCUT2D eigenvalue weighted by atomic mass is 16.6. The summed E-state index contributed by atoms with van der Waals surface area (Å²) in [4.78, 5) is 11.6. The van der Waals surface area contributed by atoms with Crippen molar-refractivity contribution < 1.29 is 29.2 Å². The second kappa shape index (κ2) is 9.10. The Morgan fingerprint density at radius 1 is 0.963 bits per heavy atom. The number of aliphatic hydroxyl groups excluding tert-OH is 1. The zero-order chi connectivity index (χ0) is 19.1. The summed E-state index contributed by atoms with van der Waals surface area (Å²) in [5, 5.41) is 20.8. The summed E-state index contributed by atoms with van der Waals surface area (Å²) in [5.74, 6) is -0.495. The predicted octanol–water partition coefficient (Wildman–Crippen LogP) is 1.83. The van der Waals surface area contributed by atoms with E-state index in [1.807, 2.05) is 60.7 Å². The average Bonchev–Trinajstić information content (AvgIpc) is 3.05. The molecule has 0 aliphatic carbocycles. The lowest BCUT2D eigenvalue weighted by Gasteiger charge is -2.35. The minimum absolute atomic E-state index is 0.184. The van der Waals surface area contributed by atoms with Gasteiger partial charge in [-0.1, -0.05) is 60.7 Å². The molecular weight excluding hydrogens is 348 g/mol. The summed E-state index contributed by atoms with van der Waals surface area (Å²) in [6.07, 6.45) is -1.93. The molecule has 6 nitrogen and oxygen atoms in total. The van der Waals surface area contributed by atoms with Gasteiger partial charge in [-0.2, -0.15) is 0 Å². The number of rotatable bonds is 9. The maximum Gasteiger partial charge on any atom is 0.309 e. The average molecular weight is 372 g/mol. The van der Waals surface area contributed by atoms with Gasteiger partial charge in [0.2, 0.25) is 0 Å². The van der Waals surface area contributed by atoms with E-state index in [1.165, 1.54) is 0 Å². The number of ether oxygens (including phenoxy) is 3. The Labute approximate surface area is 158 Å². The van der Waals surface area contributed by atoms with E-state index in [-0.39, 0.29) is 32.8 Å². The second-order valence-electron chi connectivity index (χ2n) is 6.68. The van der Waals surface area contributed by atoms with Crippen LogP contribution in [-0.4, -0.2) is 47.2 Å². The minimum Gasteiger partial charge on any atom is -0.462 e. The van der Waals surface area contributed by atoms with Crippen LogP contribution in [0.2, 0.25) is 0 Å². The molecule has 1 aliphatic rings. The van der Waals surface area contributed by atoms with E-state index in [4.69, 9.17) is 14.2 Å². The van der Waals surface area contributed by atoms with Gasteiger partial charge in [0.25, 0.3) is 0 Å². The zero-order valence-corrected chi connectivity index (χ0v) is 15.0. The molecule has 6 heteroatoms. The molecule has 27 heavy (non-hydrogen) atoms. The van der Waals surface area contributed by atoms with Gasteiger partial charge in [0.1, 0.15) is 24.4 Å². The number of carbonyl (C=O) groups excluding carboxylic acids is 1. The molecule has 0 saturated carbocycles. The SMILES string of the molecule is O=C1C[C@](O)([C@@H](OCc2ccccc2)[C@@H](CO)OCc2ccccc2)CO1. The Balaban J connectivity index is 1.73. The van der Waals surface area contributed by atoms with Gasteiger partial charge in [0, 0.05) is 0 Å². The van der Waals surface area contributed by atoms with Crippen molar-refractivity contribution in [1.29, 1.82) is 0 Å². The Bertz CT molecular complexity index is 720. The molecule has 0 unspecified atom stereocenters. The third-order valence-corrected chi connectivity index (χ3v) is 4.56. The summed E-state index contributed by atoms with van der Waals surface area (Å²) in [7, 11) is 0. The number of cyclic esters (lactones) is 1. The molecule has 3 atom stereocenters. The molecule has 0 aromatic heterocycles. The number of aliphatic hydroxyl groups is 2. The minimum atomic E-state index is -1.55. The van der Waals surface area contributed by atoms with E-state index in [0.29, 0.717) is 0 Å². The summed E-state index contributed by atoms with van der Waals surface area (Å²) in [5.41, 5.74) is 0.301. The van der Waals surface area contributed by atoms with E-state index in [2.05, 4.69) is 0 Å². The Morgan fingerprint density at radius 3 is 2.00 bits per heavy atom. The van der Waals surface area contributed by atoms with E-state index < -0.39 is 23.8 Å². The van der Waals surface area contributed by atoms with Crippen molar-refractivity contribution >= 4 is 5.97 Å². The lowest BCUT2D eigenvalue weighted by molar-refractivity contribution is -0.184. The maximum absolute atomic E-state index is 11.6. The molecule has 0 spiro atoms. The lowest BCUT2D eigenvalue weighted by atomic mass is 9.91. The zero-order valence-electron chi connectivity index (χ0n) is 15.0. The van der Waals surface area contributed by atoms with Crippen molar-refractivity contribution in [3.63, 3.8) is 0 Å². The molecule has 0 radical (unpaired) electrons. The topological polar surface area (TPSA) is 85.2 Å². The fourth-order valence-electron chi connectivity index (χ4n) is 3.12. The smallest absolute Gasteiger partial charge is 0.309 e. The van der Waals surface area contributed by atoms with Crippen LogP contribution in [-0.2, 0) is 32.2 Å². The largest absolute Gasteiger partial charge is 0.462 e. The first-order valence-corrected chi connectivity index (χ1v) is 8.90. The fourth-order valence-corrected chi connectivity index (χ4v) is 3.12. The van der Waals surface area contributed by atoms with Crippen LogP contribution in [0, 0.1) is 0 Å². The Morgan fingerprint density at radius 2 is 1.52 bits per heavy atom. The second-order valence-corrected chi connectivity index (χ2v) is 6.68. The van der Waals surface area contributed by atoms with Crippen LogP contribution in [0.1, 0.15) is 17.5 Å². The van der Waals surface area contributed by atoms with Gasteiger partial charge >= 0.3 is 5.97 Å². The summed E-state index contributed by atoms with van der Waals surface area (Å²) < 4.78 is 16.7. The van der Waals surface area contributed by atoms with Gasteiger partial charge in [-0.25, -0.2) is 0 Å². The first-order chi connectivity index (χ1) is 13.1. The van der Waals surface area contributed by atoms with E-state index in [1.54, 1.807) is 0 Å². The van der Waals surface area contributed by atoms with Crippen LogP contribution in [0.5, 0.6) is 0 Å². The molecule has 1 aliphatic heterocycles. The monoisotopic (exact) mass is 372 g/mol. The Hall–Kier alpha value is -2.25. The quantitative estimate of drug-likeness (QED) is 0.653. The van der Waals surface area contributed by atoms with Crippen molar-refractivity contribution in [2.24, 2.45) is 0 Å². The molecule has 0 amide bonds. The molecule has 2 N–H and O–H groups in total. The molecule has 1 heterocycles. The van der Waals surface area contributed by atoms with E-state index in [9.17, 15) is 15.0 Å². The van der Waals surface area contributed by atoms with Crippen LogP contribution >= 0.6 is 0 Å². The standard InChI is InChI=1S/C21H24O6/c22-12-18(25-13-16-7-3-1-4-8-16)20(21(24)11-19(23)27-15-21)26-14-17-9-5-2-6-10-17/h1-10,18,20,22,24H,11-15H2/t18-,20+,21-/m1/s1. The van der Waals surface area contributed by atoms with Gasteiger partial charge in [-0.05, 0) is 11.1 Å². The van der Waals surface area contributed by atoms with Crippen LogP contribution < -0.4 is 0 Å². The van der Waals surface area contributed by atoms with Crippen molar-refractivity contribution in [1.82, 2.24) is 0 Å². The summed E-state index contributed by atoms with van der Waals surface area (Å²) in [6.45, 7) is -0.0748. The number of carbonyl (C=O) groups is 1. The first-order valence-electron chi connectivity index (χ1n) is 8.90. The number of hydrogen-bond donors (Lipinski definition) is 2. The van der Waals surface area contributed by atoms with Crippen LogP contribution in [0.3, 0.4) is 0 Å². The van der Waals surface area contributed by atoms with Crippen LogP contribution in [0.25, 0.3) is 0 Å². The maximum atomic E-state index is 11.6. The van der Waals surface area contributed by atoms with Gasteiger partial charge in [-0.15, -0.1) is 0 Å². The van der Waals surface area contributed by atoms with Gasteiger partial charge in [0.15, 0.2) is 0 Å². The number of benzene rings is 2. The highest BCUT2D eigenvalue weighted by Crippen LogP contribution is 2.30. The van der Waals surface area contributed by atoms with Crippen molar-refractivity contribution in [2.75, 3.05) is 13.2 Å². The molecular formula is C21H24O6. The lowest BCUT2D eigenvalue weighted by Crippen LogP contribution is -2.53. The van der Waals surface area contributed by atoms with Crippen LogP contribution in [0.4, 0.5) is 0 Å². The Kier molecular flexibility index (Phi) is 6.58. The van der Waals surface area contributed by atoms with Gasteiger partial charge in [-0.3, -0.25) is 4.79 Å². The number of esters is 1. The first kappa shape index (κ1) is 19.5. The molecule has 1 fully saturated rings. The summed E-state index contributed by atoms with van der Waals surface area (Å²) >= 11 is 0. The van der Waals surface area contributed by atoms with Crippen molar-refractivity contribution in [3.05, 3.63) is 71.8 Å². The fraction of sp³-hybridized carbons (Fsp3) is 0.381. The highest BCUT2D eigenvalue weighted by molar-refractivity contribution is 5.73. The van der Waals surface area contributed by atoms with Crippen molar-refractivity contribution in [2.45, 2.75) is 37.4 Å². The summed E-state index contributed by atoms with van der Waals surface area (Å²) in [6, 6.07) is 19.0.